The van der Waals surface area contributed by atoms with Gasteiger partial charge in [-0.25, -0.2) is 4.68 Å². The zero-order valence-electron chi connectivity index (χ0n) is 12.0. The first-order valence-corrected chi connectivity index (χ1v) is 7.51. The summed E-state index contributed by atoms with van der Waals surface area (Å²) in [6.07, 6.45) is 3.92. The summed E-state index contributed by atoms with van der Waals surface area (Å²) in [6, 6.07) is 7.97. The van der Waals surface area contributed by atoms with Gasteiger partial charge in [0.25, 0.3) is 0 Å². The molecule has 0 radical (unpaired) electrons. The molecule has 0 saturated carbocycles. The molecule has 1 heterocycles. The maximum Gasteiger partial charge on any atom is 0.0802 e. The number of aromatic nitrogens is 3. The molecule has 0 aliphatic carbocycles. The molecule has 0 bridgehead atoms. The lowest BCUT2D eigenvalue weighted by molar-refractivity contribution is 0.504. The molecule has 20 heavy (non-hydrogen) atoms. The molecule has 0 spiro atoms. The fraction of sp³-hybridized carbons (Fsp3) is 0.467. The average Bonchev–Trinajstić information content (AvgIpc) is 2.90. The number of rotatable bonds is 7. The Kier molecular flexibility index (Phi) is 5.56. The quantitative estimate of drug-likeness (QED) is 0.850. The molecule has 1 aromatic carbocycles. The van der Waals surface area contributed by atoms with E-state index in [4.69, 9.17) is 11.6 Å². The van der Waals surface area contributed by atoms with Gasteiger partial charge in [0.05, 0.1) is 17.9 Å². The first-order valence-electron chi connectivity index (χ1n) is 7.14. The van der Waals surface area contributed by atoms with Gasteiger partial charge in [0, 0.05) is 11.6 Å². The van der Waals surface area contributed by atoms with Crippen molar-refractivity contribution in [2.75, 3.05) is 6.54 Å². The lowest BCUT2D eigenvalue weighted by Gasteiger charge is -2.20. The third-order valence-electron chi connectivity index (χ3n) is 3.19. The molecule has 0 amide bonds. The van der Waals surface area contributed by atoms with Crippen molar-refractivity contribution in [1.29, 1.82) is 0 Å². The summed E-state index contributed by atoms with van der Waals surface area (Å²) in [5.41, 5.74) is 2.13. The Bertz CT molecular complexity index is 538. The van der Waals surface area contributed by atoms with Gasteiger partial charge < -0.3 is 5.32 Å². The van der Waals surface area contributed by atoms with Crippen LogP contribution in [-0.4, -0.2) is 21.5 Å². The normalized spacial score (nSPS) is 12.6. The molecule has 108 valence electrons. The highest BCUT2D eigenvalue weighted by molar-refractivity contribution is 6.31. The van der Waals surface area contributed by atoms with Crippen LogP contribution in [0.3, 0.4) is 0 Å². The number of nitrogens with zero attached hydrogens (tertiary/aromatic N) is 3. The van der Waals surface area contributed by atoms with E-state index in [1.807, 2.05) is 29.1 Å². The molecule has 2 rings (SSSR count). The van der Waals surface area contributed by atoms with Crippen LogP contribution in [0, 0.1) is 0 Å². The van der Waals surface area contributed by atoms with Crippen molar-refractivity contribution in [2.45, 2.75) is 39.3 Å². The Morgan fingerprint density at radius 1 is 1.25 bits per heavy atom. The Labute approximate surface area is 125 Å². The van der Waals surface area contributed by atoms with Crippen molar-refractivity contribution in [3.8, 4) is 0 Å². The summed E-state index contributed by atoms with van der Waals surface area (Å²) in [4.78, 5) is 0. The highest BCUT2D eigenvalue weighted by atomic mass is 35.5. The fourth-order valence-corrected chi connectivity index (χ4v) is 2.49. The van der Waals surface area contributed by atoms with E-state index in [0.717, 1.165) is 42.2 Å². The van der Waals surface area contributed by atoms with E-state index in [-0.39, 0.29) is 6.04 Å². The van der Waals surface area contributed by atoms with Crippen LogP contribution in [0.25, 0.3) is 0 Å². The molecule has 1 N–H and O–H groups in total. The number of aryl methyl sites for hydroxylation is 1. The van der Waals surface area contributed by atoms with Gasteiger partial charge >= 0.3 is 0 Å². The summed E-state index contributed by atoms with van der Waals surface area (Å²) >= 11 is 6.35. The molecule has 0 aliphatic rings. The molecule has 0 saturated heterocycles. The van der Waals surface area contributed by atoms with Gasteiger partial charge in [-0.2, -0.15) is 0 Å². The van der Waals surface area contributed by atoms with E-state index in [0.29, 0.717) is 0 Å². The van der Waals surface area contributed by atoms with Crippen LogP contribution in [0.5, 0.6) is 0 Å². The number of hydrogen-bond acceptors (Lipinski definition) is 3. The molecule has 2 aromatic rings. The average molecular weight is 293 g/mol. The molecule has 4 nitrogen and oxygen atoms in total. The highest BCUT2D eigenvalue weighted by Gasteiger charge is 2.20. The van der Waals surface area contributed by atoms with Crippen LogP contribution >= 0.6 is 11.6 Å². The third-order valence-corrected chi connectivity index (χ3v) is 3.54. The van der Waals surface area contributed by atoms with E-state index in [1.54, 1.807) is 0 Å². The monoisotopic (exact) mass is 292 g/mol. The molecule has 1 atom stereocenters. The minimum atomic E-state index is 0.0326. The van der Waals surface area contributed by atoms with Gasteiger partial charge in [-0.1, -0.05) is 48.9 Å². The SMILES string of the molecule is CCCNC(c1ccccc1Cl)c1cnnn1CCC. The summed E-state index contributed by atoms with van der Waals surface area (Å²) < 4.78 is 1.96. The van der Waals surface area contributed by atoms with Crippen molar-refractivity contribution in [3.63, 3.8) is 0 Å². The van der Waals surface area contributed by atoms with Crippen LogP contribution in [0.15, 0.2) is 30.5 Å². The zero-order valence-corrected chi connectivity index (χ0v) is 12.8. The minimum absolute atomic E-state index is 0.0326. The number of nitrogens with one attached hydrogen (secondary N) is 1. The highest BCUT2D eigenvalue weighted by Crippen LogP contribution is 2.27. The third kappa shape index (κ3) is 3.38. The minimum Gasteiger partial charge on any atom is -0.305 e. The predicted octanol–water partition coefficient (Wildman–Crippen LogP) is 3.43. The molecular formula is C15H21ClN4. The second-order valence-corrected chi connectivity index (χ2v) is 5.20. The van der Waals surface area contributed by atoms with Gasteiger partial charge in [0.1, 0.15) is 0 Å². The van der Waals surface area contributed by atoms with Crippen LogP contribution in [0.2, 0.25) is 5.02 Å². The number of benzene rings is 1. The van der Waals surface area contributed by atoms with Crippen molar-refractivity contribution < 1.29 is 0 Å². The molecule has 0 aliphatic heterocycles. The standard InChI is InChI=1S/C15H21ClN4/c1-3-9-17-15(12-7-5-6-8-13(12)16)14-11-18-19-20(14)10-4-2/h5-8,11,15,17H,3-4,9-10H2,1-2H3. The first kappa shape index (κ1) is 15.0. The summed E-state index contributed by atoms with van der Waals surface area (Å²) in [6.45, 7) is 6.07. The van der Waals surface area contributed by atoms with Crippen molar-refractivity contribution in [3.05, 3.63) is 46.7 Å². The van der Waals surface area contributed by atoms with Crippen molar-refractivity contribution >= 4 is 11.6 Å². The van der Waals surface area contributed by atoms with E-state index in [1.165, 1.54) is 0 Å². The summed E-state index contributed by atoms with van der Waals surface area (Å²) in [5, 5.41) is 12.5. The maximum absolute atomic E-state index is 6.35. The summed E-state index contributed by atoms with van der Waals surface area (Å²) in [7, 11) is 0. The molecule has 5 heteroatoms. The van der Waals surface area contributed by atoms with Gasteiger partial charge in [-0.15, -0.1) is 5.10 Å². The van der Waals surface area contributed by atoms with E-state index in [2.05, 4.69) is 35.5 Å². The van der Waals surface area contributed by atoms with Crippen LogP contribution < -0.4 is 5.32 Å². The smallest absolute Gasteiger partial charge is 0.0802 e. The molecule has 1 unspecified atom stereocenters. The Balaban J connectivity index is 2.37. The lowest BCUT2D eigenvalue weighted by Crippen LogP contribution is -2.26. The lowest BCUT2D eigenvalue weighted by atomic mass is 10.0. The topological polar surface area (TPSA) is 42.7 Å². The zero-order chi connectivity index (χ0) is 14.4. The Morgan fingerprint density at radius 3 is 2.75 bits per heavy atom. The van der Waals surface area contributed by atoms with Gasteiger partial charge in [-0.05, 0) is 31.0 Å². The van der Waals surface area contributed by atoms with Crippen LogP contribution in [-0.2, 0) is 6.54 Å². The molecule has 0 fully saturated rings. The second-order valence-electron chi connectivity index (χ2n) is 4.79. The predicted molar refractivity (Wildman–Crippen MR) is 81.9 cm³/mol. The number of hydrogen-bond donors (Lipinski definition) is 1. The van der Waals surface area contributed by atoms with Gasteiger partial charge in [-0.3, -0.25) is 0 Å². The molecule has 1 aromatic heterocycles. The largest absolute Gasteiger partial charge is 0.305 e. The van der Waals surface area contributed by atoms with Crippen molar-refractivity contribution in [2.24, 2.45) is 0 Å². The van der Waals surface area contributed by atoms with E-state index in [9.17, 15) is 0 Å². The van der Waals surface area contributed by atoms with Crippen LogP contribution in [0.1, 0.15) is 44.0 Å². The summed E-state index contributed by atoms with van der Waals surface area (Å²) in [5.74, 6) is 0. The Hall–Kier alpha value is -1.39. The fourth-order valence-electron chi connectivity index (χ4n) is 2.25. The van der Waals surface area contributed by atoms with Gasteiger partial charge in [0.2, 0.25) is 0 Å². The van der Waals surface area contributed by atoms with Crippen LogP contribution in [0.4, 0.5) is 0 Å². The van der Waals surface area contributed by atoms with E-state index >= 15 is 0 Å². The first-order chi connectivity index (χ1) is 9.77. The maximum atomic E-state index is 6.35. The number of halogens is 1. The second kappa shape index (κ2) is 7.41. The molecular weight excluding hydrogens is 272 g/mol. The van der Waals surface area contributed by atoms with E-state index < -0.39 is 0 Å². The van der Waals surface area contributed by atoms with Crippen molar-refractivity contribution in [1.82, 2.24) is 20.3 Å². The Morgan fingerprint density at radius 2 is 2.05 bits per heavy atom. The van der Waals surface area contributed by atoms with Gasteiger partial charge in [0.15, 0.2) is 0 Å².